The second-order valence-electron chi connectivity index (χ2n) is 6.22. The lowest BCUT2D eigenvalue weighted by molar-refractivity contribution is -0.123. The summed E-state index contributed by atoms with van der Waals surface area (Å²) in [6, 6.07) is 6.92. The highest BCUT2D eigenvalue weighted by atomic mass is 16.5. The van der Waals surface area contributed by atoms with Crippen molar-refractivity contribution in [2.45, 2.75) is 32.4 Å². The van der Waals surface area contributed by atoms with Crippen LogP contribution in [0.1, 0.15) is 31.9 Å². The molecule has 0 bridgehead atoms. The molecule has 0 spiro atoms. The molecule has 1 aliphatic heterocycles. The van der Waals surface area contributed by atoms with E-state index >= 15 is 0 Å². The van der Waals surface area contributed by atoms with Crippen LogP contribution in [0.25, 0.3) is 0 Å². The van der Waals surface area contributed by atoms with E-state index < -0.39 is 12.1 Å². The number of aliphatic hydroxyl groups excluding tert-OH is 1. The van der Waals surface area contributed by atoms with Gasteiger partial charge in [0.25, 0.3) is 0 Å². The van der Waals surface area contributed by atoms with Crippen LogP contribution in [0.4, 0.5) is 0 Å². The number of benzene rings is 1. The van der Waals surface area contributed by atoms with E-state index in [1.807, 2.05) is 31.2 Å². The Morgan fingerprint density at radius 2 is 2.12 bits per heavy atom. The first-order valence-electron chi connectivity index (χ1n) is 8.65. The van der Waals surface area contributed by atoms with Crippen LogP contribution < -0.4 is 20.7 Å². The van der Waals surface area contributed by atoms with Crippen molar-refractivity contribution in [2.75, 3.05) is 26.2 Å². The van der Waals surface area contributed by atoms with Crippen molar-refractivity contribution in [1.29, 1.82) is 0 Å². The average molecular weight is 349 g/mol. The smallest absolute Gasteiger partial charge is 0.222 e. The molecule has 1 heterocycles. The Labute approximate surface area is 148 Å². The van der Waals surface area contributed by atoms with Gasteiger partial charge >= 0.3 is 0 Å². The van der Waals surface area contributed by atoms with Crippen molar-refractivity contribution in [3.05, 3.63) is 29.8 Å². The van der Waals surface area contributed by atoms with Gasteiger partial charge in [-0.25, -0.2) is 0 Å². The number of rotatable bonds is 8. The van der Waals surface area contributed by atoms with Gasteiger partial charge in [0.05, 0.1) is 25.2 Å². The molecular formula is C18H27N3O4. The summed E-state index contributed by atoms with van der Waals surface area (Å²) in [6.45, 7) is 5.46. The van der Waals surface area contributed by atoms with E-state index in [1.165, 1.54) is 6.92 Å². The lowest BCUT2D eigenvalue weighted by Crippen LogP contribution is -2.37. The van der Waals surface area contributed by atoms with Gasteiger partial charge in [-0.1, -0.05) is 18.2 Å². The minimum atomic E-state index is -0.466. The molecule has 1 aromatic carbocycles. The summed E-state index contributed by atoms with van der Waals surface area (Å²) in [4.78, 5) is 23.9. The fourth-order valence-electron chi connectivity index (χ4n) is 2.97. The standard InChI is InChI=1S/C18H27N3O4/c1-3-25-17-7-5-4-6-14(17)15(21-12(2)22)8-18(24)20-10-13-9-19-11-16(13)23/h4-7,13,15-16,19,23H,3,8-11H2,1-2H3,(H,20,24)(H,21,22). The molecule has 3 atom stereocenters. The summed E-state index contributed by atoms with van der Waals surface area (Å²) in [7, 11) is 0. The Bertz CT molecular complexity index is 593. The second kappa shape index (κ2) is 9.39. The van der Waals surface area contributed by atoms with Crippen LogP contribution in [-0.2, 0) is 9.59 Å². The summed E-state index contributed by atoms with van der Waals surface area (Å²) in [5.74, 6) is 0.287. The molecule has 0 aromatic heterocycles. The number of hydrogen-bond acceptors (Lipinski definition) is 5. The summed E-state index contributed by atoms with van der Waals surface area (Å²) in [5, 5.41) is 18.5. The maximum Gasteiger partial charge on any atom is 0.222 e. The van der Waals surface area contributed by atoms with Crippen LogP contribution >= 0.6 is 0 Å². The SMILES string of the molecule is CCOc1ccccc1C(CC(=O)NCC1CNCC1O)NC(C)=O. The van der Waals surface area contributed by atoms with Crippen LogP contribution in [-0.4, -0.2) is 49.3 Å². The molecule has 0 aliphatic carbocycles. The summed E-state index contributed by atoms with van der Waals surface area (Å²) in [6.07, 6.45) is -0.329. The highest BCUT2D eigenvalue weighted by Crippen LogP contribution is 2.27. The number of aliphatic hydroxyl groups is 1. The first-order chi connectivity index (χ1) is 12.0. The largest absolute Gasteiger partial charge is 0.494 e. The first kappa shape index (κ1) is 19.2. The third-order valence-corrected chi connectivity index (χ3v) is 4.23. The van der Waals surface area contributed by atoms with Crippen LogP contribution in [0, 0.1) is 5.92 Å². The molecule has 0 radical (unpaired) electrons. The van der Waals surface area contributed by atoms with Crippen LogP contribution in [0.15, 0.2) is 24.3 Å². The molecule has 138 valence electrons. The van der Waals surface area contributed by atoms with Gasteiger partial charge in [0, 0.05) is 38.0 Å². The molecule has 4 N–H and O–H groups in total. The molecule has 7 heteroatoms. The van der Waals surface area contributed by atoms with E-state index in [2.05, 4.69) is 16.0 Å². The second-order valence-corrected chi connectivity index (χ2v) is 6.22. The van der Waals surface area contributed by atoms with E-state index in [0.717, 1.165) is 5.56 Å². The maximum absolute atomic E-state index is 12.3. The third-order valence-electron chi connectivity index (χ3n) is 4.23. The molecular weight excluding hydrogens is 322 g/mol. The van der Waals surface area contributed by atoms with E-state index in [0.29, 0.717) is 32.0 Å². The van der Waals surface area contributed by atoms with Gasteiger partial charge in [0.15, 0.2) is 0 Å². The van der Waals surface area contributed by atoms with Crippen molar-refractivity contribution < 1.29 is 19.4 Å². The normalized spacial score (nSPS) is 20.8. The van der Waals surface area contributed by atoms with Crippen molar-refractivity contribution in [1.82, 2.24) is 16.0 Å². The first-order valence-corrected chi connectivity index (χ1v) is 8.65. The molecule has 7 nitrogen and oxygen atoms in total. The lowest BCUT2D eigenvalue weighted by Gasteiger charge is -2.21. The van der Waals surface area contributed by atoms with Crippen molar-refractivity contribution >= 4 is 11.8 Å². The van der Waals surface area contributed by atoms with Gasteiger partial charge in [-0.3, -0.25) is 9.59 Å². The van der Waals surface area contributed by atoms with E-state index in [1.54, 1.807) is 0 Å². The summed E-state index contributed by atoms with van der Waals surface area (Å²) >= 11 is 0. The fourth-order valence-corrected chi connectivity index (χ4v) is 2.97. The Kier molecular flexibility index (Phi) is 7.21. The Balaban J connectivity index is 2.02. The zero-order valence-corrected chi connectivity index (χ0v) is 14.7. The minimum Gasteiger partial charge on any atom is -0.494 e. The Morgan fingerprint density at radius 1 is 1.36 bits per heavy atom. The zero-order valence-electron chi connectivity index (χ0n) is 14.7. The number of amides is 2. The molecule has 1 saturated heterocycles. The number of carbonyl (C=O) groups is 2. The summed E-state index contributed by atoms with van der Waals surface area (Å²) < 4.78 is 5.61. The zero-order chi connectivity index (χ0) is 18.2. The number of carbonyl (C=O) groups excluding carboxylic acids is 2. The van der Waals surface area contributed by atoms with Crippen LogP contribution in [0.5, 0.6) is 5.75 Å². The van der Waals surface area contributed by atoms with Gasteiger partial charge in [0.2, 0.25) is 11.8 Å². The number of ether oxygens (including phenoxy) is 1. The van der Waals surface area contributed by atoms with Crippen molar-refractivity contribution in [3.8, 4) is 5.75 Å². The van der Waals surface area contributed by atoms with Crippen LogP contribution in [0.3, 0.4) is 0 Å². The number of hydrogen-bond donors (Lipinski definition) is 4. The monoisotopic (exact) mass is 349 g/mol. The molecule has 2 rings (SSSR count). The van der Waals surface area contributed by atoms with Gasteiger partial charge in [0.1, 0.15) is 5.75 Å². The van der Waals surface area contributed by atoms with Crippen LogP contribution in [0.2, 0.25) is 0 Å². The van der Waals surface area contributed by atoms with Gasteiger partial charge in [-0.05, 0) is 13.0 Å². The number of β-amino-alcohol motifs (C(OH)–C–C–N with tert-alkyl or cyclic N) is 1. The maximum atomic E-state index is 12.3. The predicted octanol–water partition coefficient (Wildman–Crippen LogP) is 0.349. The number of para-hydroxylation sites is 1. The topological polar surface area (TPSA) is 99.7 Å². The van der Waals surface area contributed by atoms with E-state index in [-0.39, 0.29) is 24.2 Å². The molecule has 0 saturated carbocycles. The van der Waals surface area contributed by atoms with Gasteiger partial charge in [-0.15, -0.1) is 0 Å². The molecule has 2 amide bonds. The quantitative estimate of drug-likeness (QED) is 0.543. The molecule has 1 fully saturated rings. The summed E-state index contributed by atoms with van der Waals surface area (Å²) in [5.41, 5.74) is 0.775. The highest BCUT2D eigenvalue weighted by Gasteiger charge is 2.26. The predicted molar refractivity (Wildman–Crippen MR) is 94.2 cm³/mol. The Morgan fingerprint density at radius 3 is 2.76 bits per heavy atom. The number of nitrogens with one attached hydrogen (secondary N) is 3. The third kappa shape index (κ3) is 5.72. The Hall–Kier alpha value is -2.12. The highest BCUT2D eigenvalue weighted by molar-refractivity contribution is 5.79. The lowest BCUT2D eigenvalue weighted by atomic mass is 10.0. The van der Waals surface area contributed by atoms with Crippen molar-refractivity contribution in [2.24, 2.45) is 5.92 Å². The molecule has 25 heavy (non-hydrogen) atoms. The minimum absolute atomic E-state index is 0.0128. The van der Waals surface area contributed by atoms with Gasteiger partial charge < -0.3 is 25.8 Å². The van der Waals surface area contributed by atoms with E-state index in [4.69, 9.17) is 4.74 Å². The van der Waals surface area contributed by atoms with E-state index in [9.17, 15) is 14.7 Å². The fraction of sp³-hybridized carbons (Fsp3) is 0.556. The molecule has 1 aromatic rings. The molecule has 3 unspecified atom stereocenters. The van der Waals surface area contributed by atoms with Crippen molar-refractivity contribution in [3.63, 3.8) is 0 Å². The van der Waals surface area contributed by atoms with Gasteiger partial charge in [-0.2, -0.15) is 0 Å². The molecule has 1 aliphatic rings. The average Bonchev–Trinajstić information content (AvgIpc) is 2.98.